The van der Waals surface area contributed by atoms with E-state index in [4.69, 9.17) is 4.74 Å². The lowest BCUT2D eigenvalue weighted by atomic mass is 10.1. The molecule has 0 aliphatic carbocycles. The fourth-order valence-electron chi connectivity index (χ4n) is 2.06. The van der Waals surface area contributed by atoms with Gasteiger partial charge in [-0.2, -0.15) is 4.79 Å². The largest absolute Gasteiger partial charge is 0.528 e. The van der Waals surface area contributed by atoms with E-state index in [2.05, 4.69) is 20.9 Å². The molecule has 2 rings (SSSR count). The summed E-state index contributed by atoms with van der Waals surface area (Å²) in [4.78, 5) is 16.4. The highest BCUT2D eigenvalue weighted by molar-refractivity contribution is 9.09. The molecule has 1 aromatic rings. The van der Waals surface area contributed by atoms with Crippen LogP contribution in [-0.2, 0) is 11.3 Å². The molecule has 0 N–H and O–H groups in total. The van der Waals surface area contributed by atoms with Crippen LogP contribution >= 0.6 is 15.9 Å². The summed E-state index contributed by atoms with van der Waals surface area (Å²) in [5.74, 6) is 0. The molecule has 4 nitrogen and oxygen atoms in total. The van der Waals surface area contributed by atoms with Crippen molar-refractivity contribution in [2.75, 3.05) is 12.1 Å². The SMILES string of the molecule is CC[N+]1(C(=O)OCBr)C=NCc2ccccc21. The van der Waals surface area contributed by atoms with Gasteiger partial charge in [0, 0.05) is 11.6 Å². The van der Waals surface area contributed by atoms with Crippen molar-refractivity contribution in [1.29, 1.82) is 0 Å². The monoisotopic (exact) mass is 297 g/mol. The molecular weight excluding hydrogens is 284 g/mol. The Kier molecular flexibility index (Phi) is 3.59. The Morgan fingerprint density at radius 1 is 1.53 bits per heavy atom. The average Bonchev–Trinajstić information content (AvgIpc) is 2.38. The molecule has 0 fully saturated rings. The van der Waals surface area contributed by atoms with Gasteiger partial charge in [0.2, 0.25) is 6.34 Å². The lowest BCUT2D eigenvalue weighted by molar-refractivity contribution is 0.144. The maximum absolute atomic E-state index is 12.1. The average molecular weight is 298 g/mol. The van der Waals surface area contributed by atoms with Gasteiger partial charge in [0.05, 0.1) is 13.1 Å². The Hall–Kier alpha value is -1.20. The molecule has 5 heteroatoms. The van der Waals surface area contributed by atoms with Gasteiger partial charge >= 0.3 is 6.09 Å². The van der Waals surface area contributed by atoms with Crippen LogP contribution < -0.4 is 4.48 Å². The Morgan fingerprint density at radius 2 is 2.29 bits per heavy atom. The topological polar surface area (TPSA) is 38.7 Å². The van der Waals surface area contributed by atoms with Gasteiger partial charge in [0.25, 0.3) is 0 Å². The highest BCUT2D eigenvalue weighted by atomic mass is 79.9. The van der Waals surface area contributed by atoms with Gasteiger partial charge in [-0.05, 0) is 22.9 Å². The Balaban J connectivity index is 2.50. The van der Waals surface area contributed by atoms with Crippen molar-refractivity contribution in [2.45, 2.75) is 13.5 Å². The minimum absolute atomic E-state index is 0.0295. The number of hydrogen-bond donors (Lipinski definition) is 0. The number of amides is 1. The maximum atomic E-state index is 12.1. The lowest BCUT2D eigenvalue weighted by Gasteiger charge is -2.31. The van der Waals surface area contributed by atoms with E-state index in [1.54, 1.807) is 6.34 Å². The lowest BCUT2D eigenvalue weighted by Crippen LogP contribution is -2.54. The van der Waals surface area contributed by atoms with Crippen molar-refractivity contribution >= 4 is 34.0 Å². The number of aliphatic imine (C=N–C) groups is 1. The fraction of sp³-hybridized carbons (Fsp3) is 0.333. The van der Waals surface area contributed by atoms with Gasteiger partial charge in [-0.1, -0.05) is 18.2 Å². The van der Waals surface area contributed by atoms with Crippen LogP contribution in [0.5, 0.6) is 0 Å². The first kappa shape index (κ1) is 12.3. The van der Waals surface area contributed by atoms with Gasteiger partial charge < -0.3 is 4.74 Å². The zero-order chi connectivity index (χ0) is 12.3. The van der Waals surface area contributed by atoms with Crippen molar-refractivity contribution in [2.24, 2.45) is 4.99 Å². The maximum Gasteiger partial charge on any atom is 0.528 e. The summed E-state index contributed by atoms with van der Waals surface area (Å²) >= 11 is 3.11. The van der Waals surface area contributed by atoms with Crippen LogP contribution in [0.3, 0.4) is 0 Å². The number of benzene rings is 1. The molecule has 17 heavy (non-hydrogen) atoms. The molecule has 1 unspecified atom stereocenters. The molecular formula is C12H14BrN2O2+. The Morgan fingerprint density at radius 3 is 3.00 bits per heavy atom. The number of para-hydroxylation sites is 1. The first-order valence-corrected chi connectivity index (χ1v) is 6.57. The van der Waals surface area contributed by atoms with Crippen LogP contribution in [-0.4, -0.2) is 24.5 Å². The summed E-state index contributed by atoms with van der Waals surface area (Å²) in [7, 11) is 0. The number of quaternary nitrogens is 1. The zero-order valence-corrected chi connectivity index (χ0v) is 11.2. The summed E-state index contributed by atoms with van der Waals surface area (Å²) in [5.41, 5.74) is 2.22. The molecule has 1 atom stereocenters. The summed E-state index contributed by atoms with van der Waals surface area (Å²) in [6.07, 6.45) is 1.37. The summed E-state index contributed by atoms with van der Waals surface area (Å²) < 4.78 is 5.12. The molecule has 1 aliphatic heterocycles. The first-order valence-electron chi connectivity index (χ1n) is 5.45. The summed E-state index contributed by atoms with van der Waals surface area (Å²) in [5, 5.41) is 0. The number of carbonyl (C=O) groups is 1. The first-order chi connectivity index (χ1) is 8.24. The summed E-state index contributed by atoms with van der Waals surface area (Å²) in [6.45, 7) is 3.16. The van der Waals surface area contributed by atoms with E-state index in [0.717, 1.165) is 11.3 Å². The van der Waals surface area contributed by atoms with Crippen molar-refractivity contribution in [3.8, 4) is 0 Å². The Bertz CT molecular complexity index is 462. The molecule has 0 aromatic heterocycles. The highest BCUT2D eigenvalue weighted by Crippen LogP contribution is 2.31. The van der Waals surface area contributed by atoms with Crippen molar-refractivity contribution in [1.82, 2.24) is 4.48 Å². The normalized spacial score (nSPS) is 22.0. The molecule has 0 bridgehead atoms. The van der Waals surface area contributed by atoms with Crippen LogP contribution in [0.2, 0.25) is 0 Å². The second-order valence-corrected chi connectivity index (χ2v) is 4.25. The number of ether oxygens (including phenoxy) is 1. The molecule has 1 amide bonds. The van der Waals surface area contributed by atoms with Crippen LogP contribution in [0.4, 0.5) is 10.5 Å². The van der Waals surface area contributed by atoms with Gasteiger partial charge in [0.15, 0.2) is 11.2 Å². The quantitative estimate of drug-likeness (QED) is 0.622. The van der Waals surface area contributed by atoms with Crippen LogP contribution in [0.1, 0.15) is 12.5 Å². The van der Waals surface area contributed by atoms with Gasteiger partial charge in [0.1, 0.15) is 0 Å². The van der Waals surface area contributed by atoms with Crippen LogP contribution in [0.25, 0.3) is 0 Å². The number of alkyl halides is 1. The van der Waals surface area contributed by atoms with Crippen molar-refractivity contribution in [3.63, 3.8) is 0 Å². The number of carbonyl (C=O) groups excluding carboxylic acids is 1. The number of nitrogens with zero attached hydrogens (tertiary/aromatic N) is 2. The van der Waals surface area contributed by atoms with E-state index in [1.165, 1.54) is 0 Å². The third kappa shape index (κ3) is 2.00. The smallest absolute Gasteiger partial charge is 0.408 e. The number of fused-ring (bicyclic) bond motifs is 1. The highest BCUT2D eigenvalue weighted by Gasteiger charge is 2.42. The predicted octanol–water partition coefficient (Wildman–Crippen LogP) is 3.04. The molecule has 0 spiro atoms. The van der Waals surface area contributed by atoms with Gasteiger partial charge in [-0.15, -0.1) is 4.48 Å². The second kappa shape index (κ2) is 4.98. The van der Waals surface area contributed by atoms with E-state index in [1.807, 2.05) is 31.2 Å². The molecule has 0 radical (unpaired) electrons. The molecule has 0 saturated heterocycles. The van der Waals surface area contributed by atoms with E-state index in [9.17, 15) is 4.79 Å². The van der Waals surface area contributed by atoms with Crippen LogP contribution in [0, 0.1) is 0 Å². The molecule has 1 aromatic carbocycles. The van der Waals surface area contributed by atoms with Crippen molar-refractivity contribution in [3.05, 3.63) is 29.8 Å². The van der Waals surface area contributed by atoms with Crippen LogP contribution in [0.15, 0.2) is 29.3 Å². The van der Waals surface area contributed by atoms with E-state index in [-0.39, 0.29) is 16.1 Å². The molecule has 1 heterocycles. The second-order valence-electron chi connectivity index (χ2n) is 3.79. The number of halogens is 1. The van der Waals surface area contributed by atoms with E-state index in [0.29, 0.717) is 13.1 Å². The predicted molar refractivity (Wildman–Crippen MR) is 71.2 cm³/mol. The fourth-order valence-corrected chi connectivity index (χ4v) is 2.26. The van der Waals surface area contributed by atoms with Crippen molar-refractivity contribution < 1.29 is 9.53 Å². The minimum atomic E-state index is -0.305. The molecule has 90 valence electrons. The van der Waals surface area contributed by atoms with E-state index >= 15 is 0 Å². The zero-order valence-electron chi connectivity index (χ0n) is 9.60. The number of hydrogen-bond acceptors (Lipinski definition) is 3. The third-order valence-electron chi connectivity index (χ3n) is 2.96. The third-order valence-corrected chi connectivity index (χ3v) is 3.19. The van der Waals surface area contributed by atoms with Gasteiger partial charge in [-0.25, -0.2) is 4.99 Å². The molecule has 1 aliphatic rings. The summed E-state index contributed by atoms with van der Waals surface area (Å²) in [6, 6.07) is 7.84. The number of rotatable bonds is 2. The standard InChI is InChI=1S/C12H14BrN2O2/c1-2-15(12(16)17-8-13)9-14-7-10-5-3-4-6-11(10)15/h3-6,9H,2,7-8H2,1H3/q+1. The Labute approximate surface area is 109 Å². The molecule has 0 saturated carbocycles. The van der Waals surface area contributed by atoms with Gasteiger partial charge in [-0.3, -0.25) is 0 Å². The van der Waals surface area contributed by atoms with E-state index < -0.39 is 0 Å². The minimum Gasteiger partial charge on any atom is -0.408 e.